The minimum Gasteiger partial charge on any atom is -0.477 e. The fourth-order valence-electron chi connectivity index (χ4n) is 1.99. The summed E-state index contributed by atoms with van der Waals surface area (Å²) in [5.74, 6) is -2.41. The predicted octanol–water partition coefficient (Wildman–Crippen LogP) is -0.204. The Morgan fingerprint density at radius 2 is 2.15 bits per heavy atom. The lowest BCUT2D eigenvalue weighted by atomic mass is 10.1. The highest BCUT2D eigenvalue weighted by Gasteiger charge is 2.55. The van der Waals surface area contributed by atoms with Gasteiger partial charge in [0.2, 0.25) is 0 Å². The molecule has 0 radical (unpaired) electrons. The van der Waals surface area contributed by atoms with Crippen molar-refractivity contribution < 1.29 is 29.0 Å². The second kappa shape index (κ2) is 5.25. The lowest BCUT2D eigenvalue weighted by molar-refractivity contribution is -0.162. The molecule has 2 N–H and O–H groups in total. The Labute approximate surface area is 118 Å². The first-order valence-electron chi connectivity index (χ1n) is 5.59. The molecule has 9 heteroatoms. The number of rotatable bonds is 4. The molecule has 1 unspecified atom stereocenters. The molecule has 0 aromatic rings. The molecule has 0 aromatic carbocycles. The van der Waals surface area contributed by atoms with Gasteiger partial charge in [0, 0.05) is 14.0 Å². The zero-order valence-corrected chi connectivity index (χ0v) is 11.5. The summed E-state index contributed by atoms with van der Waals surface area (Å²) < 4.78 is 9.71. The van der Waals surface area contributed by atoms with Gasteiger partial charge >= 0.3 is 11.9 Å². The van der Waals surface area contributed by atoms with Crippen LogP contribution in [0.15, 0.2) is 11.3 Å². The van der Waals surface area contributed by atoms with Gasteiger partial charge in [-0.2, -0.15) is 0 Å². The Balaban J connectivity index is 2.37. The number of nitrogens with zero attached hydrogens (tertiary/aromatic N) is 1. The van der Waals surface area contributed by atoms with Gasteiger partial charge in [-0.05, 0) is 0 Å². The zero-order valence-electron chi connectivity index (χ0n) is 10.7. The molecule has 0 aliphatic carbocycles. The quantitative estimate of drug-likeness (QED) is 0.545. The van der Waals surface area contributed by atoms with E-state index < -0.39 is 29.3 Å². The van der Waals surface area contributed by atoms with Gasteiger partial charge in [0.25, 0.3) is 5.91 Å². The Morgan fingerprint density at radius 1 is 1.50 bits per heavy atom. The van der Waals surface area contributed by atoms with Gasteiger partial charge in [0.1, 0.15) is 17.7 Å². The molecule has 2 aliphatic rings. The van der Waals surface area contributed by atoms with Crippen LogP contribution in [0.5, 0.6) is 0 Å². The number of aliphatic carboxylic acids is 1. The van der Waals surface area contributed by atoms with Crippen LogP contribution >= 0.6 is 11.8 Å². The third-order valence-corrected chi connectivity index (χ3v) is 4.09. The smallest absolute Gasteiger partial charge is 0.353 e. The number of fused-ring (bicyclic) bond motifs is 1. The van der Waals surface area contributed by atoms with E-state index in [0.717, 1.165) is 16.7 Å². The molecule has 0 saturated carbocycles. The van der Waals surface area contributed by atoms with Crippen molar-refractivity contribution in [3.63, 3.8) is 0 Å². The first-order valence-corrected chi connectivity index (χ1v) is 6.47. The molecule has 0 bridgehead atoms. The summed E-state index contributed by atoms with van der Waals surface area (Å²) in [6.07, 6.45) is -0.759. The van der Waals surface area contributed by atoms with Gasteiger partial charge in [-0.1, -0.05) is 11.8 Å². The molecule has 0 aromatic heterocycles. The summed E-state index contributed by atoms with van der Waals surface area (Å²) in [5.41, 5.74) is -0.310. The minimum atomic E-state index is -1.34. The average molecular weight is 300 g/mol. The number of amides is 1. The Bertz CT molecular complexity index is 543. The summed E-state index contributed by atoms with van der Waals surface area (Å²) in [4.78, 5) is 35.1. The van der Waals surface area contributed by atoms with Gasteiger partial charge in [-0.3, -0.25) is 19.9 Å². The normalized spacial score (nSPS) is 25.2. The molecule has 2 rings (SSSR count). The van der Waals surface area contributed by atoms with E-state index in [1.807, 2.05) is 0 Å². The Hall–Kier alpha value is -1.87. The van der Waals surface area contributed by atoms with E-state index in [-0.39, 0.29) is 22.9 Å². The molecule has 0 spiro atoms. The number of carboxylic acids is 1. The van der Waals surface area contributed by atoms with Crippen molar-refractivity contribution in [2.24, 2.45) is 0 Å². The first kappa shape index (κ1) is 14.5. The SMILES string of the molecule is COC1C(=O)N2C(C(=O)O)=C(COC(C)=O)C(=N)S[C@H]12. The van der Waals surface area contributed by atoms with E-state index >= 15 is 0 Å². The molecule has 2 aliphatic heterocycles. The van der Waals surface area contributed by atoms with Crippen LogP contribution in [0.2, 0.25) is 0 Å². The van der Waals surface area contributed by atoms with Gasteiger partial charge in [-0.25, -0.2) is 4.79 Å². The topological polar surface area (TPSA) is 117 Å². The maximum absolute atomic E-state index is 11.8. The summed E-state index contributed by atoms with van der Waals surface area (Å²) >= 11 is 1.00. The number of esters is 1. The largest absolute Gasteiger partial charge is 0.477 e. The van der Waals surface area contributed by atoms with Crippen LogP contribution in [-0.2, 0) is 23.9 Å². The Morgan fingerprint density at radius 3 is 2.65 bits per heavy atom. The summed E-state index contributed by atoms with van der Waals surface area (Å²) in [5, 5.41) is 16.5. The van der Waals surface area contributed by atoms with E-state index in [1.54, 1.807) is 0 Å². The average Bonchev–Trinajstić information content (AvgIpc) is 2.36. The molecule has 1 fully saturated rings. The lowest BCUT2D eigenvalue weighted by Gasteiger charge is -2.48. The molecule has 8 nitrogen and oxygen atoms in total. The zero-order chi connectivity index (χ0) is 15.0. The van der Waals surface area contributed by atoms with Crippen molar-refractivity contribution in [3.8, 4) is 0 Å². The molecule has 108 valence electrons. The number of carbonyl (C=O) groups is 3. The van der Waals surface area contributed by atoms with E-state index in [1.165, 1.54) is 14.0 Å². The van der Waals surface area contributed by atoms with E-state index in [4.69, 9.17) is 14.9 Å². The fourth-order valence-corrected chi connectivity index (χ4v) is 3.20. The van der Waals surface area contributed by atoms with Gasteiger partial charge in [0.05, 0.1) is 10.6 Å². The van der Waals surface area contributed by atoms with Crippen LogP contribution < -0.4 is 0 Å². The molecule has 2 heterocycles. The van der Waals surface area contributed by atoms with Crippen LogP contribution in [0.1, 0.15) is 6.92 Å². The van der Waals surface area contributed by atoms with Crippen molar-refractivity contribution >= 4 is 34.7 Å². The maximum atomic E-state index is 11.8. The molecule has 1 amide bonds. The van der Waals surface area contributed by atoms with Crippen molar-refractivity contribution in [2.75, 3.05) is 13.7 Å². The van der Waals surface area contributed by atoms with Gasteiger partial charge in [0.15, 0.2) is 6.10 Å². The number of β-lactam (4-membered cyclic amide) rings is 1. The third-order valence-electron chi connectivity index (χ3n) is 2.91. The van der Waals surface area contributed by atoms with E-state index in [0.29, 0.717) is 0 Å². The lowest BCUT2D eigenvalue weighted by Crippen LogP contribution is -2.66. The van der Waals surface area contributed by atoms with Crippen molar-refractivity contribution in [1.29, 1.82) is 5.41 Å². The molecule has 1 saturated heterocycles. The van der Waals surface area contributed by atoms with Crippen LogP contribution in [0.4, 0.5) is 0 Å². The molecular weight excluding hydrogens is 288 g/mol. The number of carbonyl (C=O) groups excluding carboxylic acids is 2. The van der Waals surface area contributed by atoms with Crippen LogP contribution in [0.25, 0.3) is 0 Å². The van der Waals surface area contributed by atoms with Crippen molar-refractivity contribution in [3.05, 3.63) is 11.3 Å². The number of nitrogens with one attached hydrogen (secondary N) is 1. The number of hydrogen-bond acceptors (Lipinski definition) is 7. The molecular formula is C11H12N2O6S. The predicted molar refractivity (Wildman–Crippen MR) is 68.0 cm³/mol. The van der Waals surface area contributed by atoms with E-state index in [2.05, 4.69) is 0 Å². The number of methoxy groups -OCH3 is 1. The third kappa shape index (κ3) is 2.18. The van der Waals surface area contributed by atoms with Gasteiger partial charge < -0.3 is 14.6 Å². The van der Waals surface area contributed by atoms with Crippen LogP contribution in [-0.4, -0.2) is 58.1 Å². The first-order chi connectivity index (χ1) is 9.38. The molecule has 2 atom stereocenters. The summed E-state index contributed by atoms with van der Waals surface area (Å²) in [7, 11) is 1.35. The van der Waals surface area contributed by atoms with Gasteiger partial charge in [-0.15, -0.1) is 0 Å². The number of hydrogen-bond donors (Lipinski definition) is 2. The number of ether oxygens (including phenoxy) is 2. The second-order valence-electron chi connectivity index (χ2n) is 4.11. The van der Waals surface area contributed by atoms with Crippen molar-refractivity contribution in [1.82, 2.24) is 4.90 Å². The molecule has 20 heavy (non-hydrogen) atoms. The summed E-state index contributed by atoms with van der Waals surface area (Å²) in [6.45, 7) is 0.829. The minimum absolute atomic E-state index is 0.0110. The second-order valence-corrected chi connectivity index (χ2v) is 5.24. The standard InChI is InChI=1S/C11H12N2O6S/c1-4(14)19-3-5-6(11(16)17)13-9(15)7(18-2)10(13)20-8(5)12/h7,10,12H,3H2,1-2H3,(H,16,17)/t7?,10-/m1/s1. The van der Waals surface area contributed by atoms with Crippen LogP contribution in [0, 0.1) is 5.41 Å². The highest BCUT2D eigenvalue weighted by Crippen LogP contribution is 2.42. The number of thioether (sulfide) groups is 1. The monoisotopic (exact) mass is 300 g/mol. The summed E-state index contributed by atoms with van der Waals surface area (Å²) in [6, 6.07) is 0. The maximum Gasteiger partial charge on any atom is 0.353 e. The number of carboxylic acid groups (broad SMARTS) is 1. The highest BCUT2D eigenvalue weighted by atomic mass is 32.2. The highest BCUT2D eigenvalue weighted by molar-refractivity contribution is 8.15. The Kier molecular flexibility index (Phi) is 3.82. The van der Waals surface area contributed by atoms with Crippen molar-refractivity contribution in [2.45, 2.75) is 18.4 Å². The van der Waals surface area contributed by atoms with E-state index in [9.17, 15) is 19.5 Å². The fraction of sp³-hybridized carbons (Fsp3) is 0.455. The van der Waals surface area contributed by atoms with Crippen LogP contribution in [0.3, 0.4) is 0 Å².